The van der Waals surface area contributed by atoms with E-state index in [1.807, 2.05) is 4.57 Å². The van der Waals surface area contributed by atoms with Crippen LogP contribution in [0.5, 0.6) is 0 Å². The summed E-state index contributed by atoms with van der Waals surface area (Å²) in [6.45, 7) is 6.22. The molecule has 2 fully saturated rings. The highest BCUT2D eigenvalue weighted by atomic mass is 32.2. The first-order valence-corrected chi connectivity index (χ1v) is 12.1. The van der Waals surface area contributed by atoms with Crippen molar-refractivity contribution in [2.45, 2.75) is 70.1 Å². The van der Waals surface area contributed by atoms with Crippen molar-refractivity contribution in [3.8, 4) is 0 Å². The third-order valence-electron chi connectivity index (χ3n) is 6.01. The van der Waals surface area contributed by atoms with Gasteiger partial charge in [-0.05, 0) is 44.1 Å². The summed E-state index contributed by atoms with van der Waals surface area (Å²) >= 11 is 0. The van der Waals surface area contributed by atoms with E-state index >= 15 is 0 Å². The van der Waals surface area contributed by atoms with Crippen molar-refractivity contribution in [2.75, 3.05) is 32.6 Å². The fourth-order valence-corrected chi connectivity index (χ4v) is 6.45. The quantitative estimate of drug-likeness (QED) is 0.674. The zero-order valence-corrected chi connectivity index (χ0v) is 17.7. The first kappa shape index (κ1) is 20.8. The van der Waals surface area contributed by atoms with E-state index in [4.69, 9.17) is 4.74 Å². The first-order valence-electron chi connectivity index (χ1n) is 10.5. The monoisotopic (exact) mass is 397 g/mol. The highest BCUT2D eigenvalue weighted by Gasteiger charge is 2.28. The molecule has 1 saturated heterocycles. The largest absolute Gasteiger partial charge is 0.383 e. The summed E-state index contributed by atoms with van der Waals surface area (Å²) in [5, 5.41) is 0.241. The molecule has 0 aromatic carbocycles. The Morgan fingerprint density at radius 2 is 1.96 bits per heavy atom. The van der Waals surface area contributed by atoms with Gasteiger partial charge in [0.15, 0.2) is 0 Å². The summed E-state index contributed by atoms with van der Waals surface area (Å²) in [5.41, 5.74) is 0.989. The molecule has 0 spiro atoms. The smallest absolute Gasteiger partial charge is 0.227 e. The maximum Gasteiger partial charge on any atom is 0.227 e. The van der Waals surface area contributed by atoms with Crippen LogP contribution in [0, 0.1) is 11.8 Å². The number of likely N-dealkylation sites (tertiary alicyclic amines) is 1. The van der Waals surface area contributed by atoms with Gasteiger partial charge in [-0.1, -0.05) is 26.2 Å². The molecule has 1 atom stereocenters. The summed E-state index contributed by atoms with van der Waals surface area (Å²) < 4.78 is 33.3. The molecule has 1 aromatic rings. The van der Waals surface area contributed by atoms with Crippen LogP contribution < -0.4 is 0 Å². The van der Waals surface area contributed by atoms with Crippen LogP contribution in [0.3, 0.4) is 0 Å². The molecule has 0 bridgehead atoms. The number of ether oxygens (including phenoxy) is 1. The summed E-state index contributed by atoms with van der Waals surface area (Å²) in [4.78, 5) is 6.81. The second kappa shape index (κ2) is 9.52. The molecule has 1 saturated carbocycles. The van der Waals surface area contributed by atoms with Gasteiger partial charge in [0.25, 0.3) is 0 Å². The van der Waals surface area contributed by atoms with Crippen molar-refractivity contribution in [2.24, 2.45) is 11.8 Å². The fraction of sp³-hybridized carbons (Fsp3) is 0.850. The van der Waals surface area contributed by atoms with Crippen molar-refractivity contribution in [1.29, 1.82) is 0 Å². The zero-order chi connectivity index (χ0) is 19.3. The number of aromatic nitrogens is 2. The fourth-order valence-electron chi connectivity index (χ4n) is 4.59. The van der Waals surface area contributed by atoms with E-state index < -0.39 is 9.84 Å². The molecule has 1 aromatic heterocycles. The van der Waals surface area contributed by atoms with Crippen molar-refractivity contribution >= 4 is 9.84 Å². The number of nitrogens with zero attached hydrogens (tertiary/aromatic N) is 3. The average Bonchev–Trinajstić information content (AvgIpc) is 3.04. The Bertz CT molecular complexity index is 695. The van der Waals surface area contributed by atoms with Crippen LogP contribution in [-0.2, 0) is 27.7 Å². The molecule has 0 N–H and O–H groups in total. The van der Waals surface area contributed by atoms with Crippen LogP contribution >= 0.6 is 0 Å². The Morgan fingerprint density at radius 1 is 1.19 bits per heavy atom. The van der Waals surface area contributed by atoms with E-state index in [1.54, 1.807) is 13.3 Å². The van der Waals surface area contributed by atoms with Gasteiger partial charge in [0.2, 0.25) is 15.0 Å². The molecule has 154 valence electrons. The molecule has 0 amide bonds. The average molecular weight is 398 g/mol. The molecular formula is C20H35N3O3S. The van der Waals surface area contributed by atoms with E-state index in [0.29, 0.717) is 19.1 Å². The lowest BCUT2D eigenvalue weighted by atomic mass is 9.91. The van der Waals surface area contributed by atoms with Gasteiger partial charge in [-0.3, -0.25) is 4.90 Å². The summed E-state index contributed by atoms with van der Waals surface area (Å²) in [6, 6.07) is 0. The molecule has 1 aliphatic heterocycles. The number of hydrogen-bond acceptors (Lipinski definition) is 5. The maximum absolute atomic E-state index is 13.1. The van der Waals surface area contributed by atoms with Gasteiger partial charge in [0.1, 0.15) is 0 Å². The van der Waals surface area contributed by atoms with Gasteiger partial charge in [0, 0.05) is 26.7 Å². The van der Waals surface area contributed by atoms with E-state index in [0.717, 1.165) is 51.0 Å². The van der Waals surface area contributed by atoms with Crippen molar-refractivity contribution < 1.29 is 13.2 Å². The van der Waals surface area contributed by atoms with Crippen molar-refractivity contribution in [1.82, 2.24) is 14.5 Å². The van der Waals surface area contributed by atoms with E-state index in [9.17, 15) is 8.42 Å². The minimum Gasteiger partial charge on any atom is -0.383 e. The lowest BCUT2D eigenvalue weighted by Gasteiger charge is -2.31. The number of hydrogen-bond donors (Lipinski definition) is 0. The summed E-state index contributed by atoms with van der Waals surface area (Å²) in [6.07, 6.45) is 9.83. The Kier molecular flexibility index (Phi) is 7.34. The van der Waals surface area contributed by atoms with Gasteiger partial charge in [0.05, 0.1) is 24.3 Å². The minimum absolute atomic E-state index is 0.233. The topological polar surface area (TPSA) is 64.4 Å². The van der Waals surface area contributed by atoms with Crippen LogP contribution in [0.15, 0.2) is 11.4 Å². The molecule has 2 aliphatic rings. The molecule has 6 nitrogen and oxygen atoms in total. The first-order chi connectivity index (χ1) is 13.0. The van der Waals surface area contributed by atoms with Crippen LogP contribution in [0.25, 0.3) is 0 Å². The third-order valence-corrected chi connectivity index (χ3v) is 7.80. The van der Waals surface area contributed by atoms with Gasteiger partial charge in [-0.25, -0.2) is 13.4 Å². The number of rotatable bonds is 8. The molecule has 0 radical (unpaired) electrons. The Morgan fingerprint density at radius 3 is 2.67 bits per heavy atom. The molecule has 1 unspecified atom stereocenters. The van der Waals surface area contributed by atoms with Crippen LogP contribution in [-0.4, -0.2) is 55.4 Å². The number of imidazole rings is 1. The predicted molar refractivity (Wildman–Crippen MR) is 106 cm³/mol. The molecule has 27 heavy (non-hydrogen) atoms. The summed E-state index contributed by atoms with van der Waals surface area (Å²) in [5.74, 6) is 1.21. The zero-order valence-electron chi connectivity index (χ0n) is 16.9. The van der Waals surface area contributed by atoms with Gasteiger partial charge >= 0.3 is 0 Å². The molecule has 2 heterocycles. The number of sulfone groups is 1. The van der Waals surface area contributed by atoms with Gasteiger partial charge < -0.3 is 9.30 Å². The molecule has 3 rings (SSSR count). The third kappa shape index (κ3) is 5.55. The SMILES string of the molecule is COCCn1c(CN2CCCC(C)C2)cnc1S(=O)(=O)CC1CCCCC1. The van der Waals surface area contributed by atoms with E-state index in [2.05, 4.69) is 16.8 Å². The van der Waals surface area contributed by atoms with Crippen LogP contribution in [0.1, 0.15) is 57.6 Å². The highest BCUT2D eigenvalue weighted by molar-refractivity contribution is 7.91. The highest BCUT2D eigenvalue weighted by Crippen LogP contribution is 2.27. The van der Waals surface area contributed by atoms with E-state index in [-0.39, 0.29) is 16.8 Å². The van der Waals surface area contributed by atoms with Gasteiger partial charge in [-0.2, -0.15) is 0 Å². The lowest BCUT2D eigenvalue weighted by Crippen LogP contribution is -2.34. The number of methoxy groups -OCH3 is 1. The predicted octanol–water partition coefficient (Wildman–Crippen LogP) is 3.12. The van der Waals surface area contributed by atoms with Crippen molar-refractivity contribution in [3.05, 3.63) is 11.9 Å². The second-order valence-corrected chi connectivity index (χ2v) is 10.4. The standard InChI is InChI=1S/C20H35N3O3S/c1-17-7-6-10-22(14-17)15-19-13-21-20(23(19)11-12-26-2)27(24,25)16-18-8-4-3-5-9-18/h13,17-18H,3-12,14-16H2,1-2H3. The minimum atomic E-state index is -3.37. The van der Waals surface area contributed by atoms with Crippen LogP contribution in [0.2, 0.25) is 0 Å². The van der Waals surface area contributed by atoms with Gasteiger partial charge in [-0.15, -0.1) is 0 Å². The Labute approximate surface area is 164 Å². The second-order valence-electron chi connectivity index (χ2n) is 8.44. The number of piperidine rings is 1. The summed E-state index contributed by atoms with van der Waals surface area (Å²) in [7, 11) is -1.72. The molecular weight excluding hydrogens is 362 g/mol. The maximum atomic E-state index is 13.1. The molecule has 1 aliphatic carbocycles. The Hall–Kier alpha value is -0.920. The molecule has 7 heteroatoms. The lowest BCUT2D eigenvalue weighted by molar-refractivity contribution is 0.164. The van der Waals surface area contributed by atoms with Crippen LogP contribution in [0.4, 0.5) is 0 Å². The Balaban J connectivity index is 1.78. The normalized spacial score (nSPS) is 23.0. The van der Waals surface area contributed by atoms with E-state index in [1.165, 1.54) is 19.3 Å². The van der Waals surface area contributed by atoms with Crippen molar-refractivity contribution in [3.63, 3.8) is 0 Å².